The Labute approximate surface area is 150 Å². The molecular formula is C17H19ClN2OS2. The van der Waals surface area contributed by atoms with Gasteiger partial charge in [-0.25, -0.2) is 0 Å². The number of aryl methyl sites for hydroxylation is 1. The van der Waals surface area contributed by atoms with E-state index in [4.69, 9.17) is 5.73 Å². The molecule has 2 N–H and O–H groups in total. The molecule has 3 heterocycles. The fourth-order valence-corrected chi connectivity index (χ4v) is 5.73. The Morgan fingerprint density at radius 3 is 3.00 bits per heavy atom. The molecule has 1 amide bonds. The first-order chi connectivity index (χ1) is 10.8. The molecule has 2 aliphatic heterocycles. The van der Waals surface area contributed by atoms with E-state index in [1.807, 2.05) is 23.1 Å². The standard InChI is InChI=1S/C17H18N2OS2.ClH/c18-13-4-1-5-14-11(13)3-2-8-19(14)17(20)16-12-6-9-21-15(12)7-10-22-16;/h1,4-6,9,16H,2-3,7-8,10,18H2;1H. The third kappa shape index (κ3) is 2.86. The molecule has 1 atom stereocenters. The Hall–Kier alpha value is -1.17. The van der Waals surface area contributed by atoms with Crippen molar-refractivity contribution in [2.75, 3.05) is 22.9 Å². The molecule has 0 radical (unpaired) electrons. The van der Waals surface area contributed by atoms with Crippen molar-refractivity contribution < 1.29 is 4.79 Å². The summed E-state index contributed by atoms with van der Waals surface area (Å²) in [5.74, 6) is 1.25. The Balaban J connectivity index is 0.00000156. The highest BCUT2D eigenvalue weighted by molar-refractivity contribution is 8.00. The highest BCUT2D eigenvalue weighted by Crippen LogP contribution is 2.42. The van der Waals surface area contributed by atoms with E-state index in [2.05, 4.69) is 11.4 Å². The average Bonchev–Trinajstić information content (AvgIpc) is 3.03. The first-order valence-corrected chi connectivity index (χ1v) is 9.55. The molecule has 1 unspecified atom stereocenters. The number of hydrogen-bond acceptors (Lipinski definition) is 4. The highest BCUT2D eigenvalue weighted by atomic mass is 35.5. The molecule has 0 saturated heterocycles. The molecule has 3 nitrogen and oxygen atoms in total. The summed E-state index contributed by atoms with van der Waals surface area (Å²) in [6, 6.07) is 8.03. The Morgan fingerprint density at radius 1 is 1.26 bits per heavy atom. The van der Waals surface area contributed by atoms with Crippen LogP contribution < -0.4 is 10.6 Å². The Morgan fingerprint density at radius 2 is 2.13 bits per heavy atom. The number of carbonyl (C=O) groups excluding carboxylic acids is 1. The number of nitrogens with zero attached hydrogens (tertiary/aromatic N) is 1. The van der Waals surface area contributed by atoms with Gasteiger partial charge in [0.15, 0.2) is 0 Å². The van der Waals surface area contributed by atoms with Crippen LogP contribution in [0, 0.1) is 0 Å². The minimum atomic E-state index is -0.0534. The van der Waals surface area contributed by atoms with Crippen LogP contribution in [0.1, 0.15) is 27.7 Å². The monoisotopic (exact) mass is 366 g/mol. The molecule has 2 aliphatic rings. The van der Waals surface area contributed by atoms with E-state index in [-0.39, 0.29) is 23.6 Å². The zero-order valence-electron chi connectivity index (χ0n) is 12.7. The second-order valence-electron chi connectivity index (χ2n) is 5.74. The zero-order chi connectivity index (χ0) is 15.1. The van der Waals surface area contributed by atoms with Gasteiger partial charge in [0.05, 0.1) is 0 Å². The third-order valence-corrected chi connectivity index (χ3v) is 6.68. The van der Waals surface area contributed by atoms with Crippen molar-refractivity contribution in [2.24, 2.45) is 0 Å². The number of halogens is 1. The van der Waals surface area contributed by atoms with Crippen LogP contribution in [0.2, 0.25) is 0 Å². The maximum atomic E-state index is 13.2. The van der Waals surface area contributed by atoms with Gasteiger partial charge >= 0.3 is 0 Å². The third-order valence-electron chi connectivity index (χ3n) is 4.45. The van der Waals surface area contributed by atoms with Crippen molar-refractivity contribution in [1.29, 1.82) is 0 Å². The number of hydrogen-bond donors (Lipinski definition) is 1. The lowest BCUT2D eigenvalue weighted by Crippen LogP contribution is -2.39. The molecule has 122 valence electrons. The molecular weight excluding hydrogens is 348 g/mol. The first-order valence-electron chi connectivity index (χ1n) is 7.62. The maximum absolute atomic E-state index is 13.2. The van der Waals surface area contributed by atoms with Crippen LogP contribution in [0.25, 0.3) is 0 Å². The molecule has 0 bridgehead atoms. The van der Waals surface area contributed by atoms with Gasteiger partial charge in [0, 0.05) is 22.8 Å². The number of nitrogens with two attached hydrogens (primary N) is 1. The van der Waals surface area contributed by atoms with E-state index in [1.54, 1.807) is 23.1 Å². The van der Waals surface area contributed by atoms with Crippen molar-refractivity contribution in [3.8, 4) is 0 Å². The van der Waals surface area contributed by atoms with Crippen molar-refractivity contribution in [1.82, 2.24) is 0 Å². The van der Waals surface area contributed by atoms with Crippen LogP contribution >= 0.6 is 35.5 Å². The van der Waals surface area contributed by atoms with E-state index >= 15 is 0 Å². The van der Waals surface area contributed by atoms with E-state index in [0.717, 1.165) is 48.5 Å². The van der Waals surface area contributed by atoms with Gasteiger partial charge in [0.2, 0.25) is 5.91 Å². The molecule has 1 aromatic heterocycles. The van der Waals surface area contributed by atoms with Gasteiger partial charge in [-0.05, 0) is 59.7 Å². The molecule has 0 aliphatic carbocycles. The summed E-state index contributed by atoms with van der Waals surface area (Å²) in [5.41, 5.74) is 10.3. The largest absolute Gasteiger partial charge is 0.398 e. The summed E-state index contributed by atoms with van der Waals surface area (Å²) in [6.45, 7) is 0.797. The molecule has 0 saturated carbocycles. The summed E-state index contributed by atoms with van der Waals surface area (Å²) in [4.78, 5) is 16.5. The van der Waals surface area contributed by atoms with Crippen molar-refractivity contribution >= 4 is 52.8 Å². The number of rotatable bonds is 1. The van der Waals surface area contributed by atoms with Crippen LogP contribution in [-0.2, 0) is 17.6 Å². The number of nitrogen functional groups attached to an aromatic ring is 1. The lowest BCUT2D eigenvalue weighted by atomic mass is 9.99. The van der Waals surface area contributed by atoms with Gasteiger partial charge in [-0.1, -0.05) is 6.07 Å². The number of amides is 1. The minimum absolute atomic E-state index is 0. The van der Waals surface area contributed by atoms with Crippen LogP contribution in [0.4, 0.5) is 11.4 Å². The van der Waals surface area contributed by atoms with E-state index in [9.17, 15) is 4.79 Å². The summed E-state index contributed by atoms with van der Waals surface area (Å²) < 4.78 is 0. The average molecular weight is 367 g/mol. The molecule has 23 heavy (non-hydrogen) atoms. The van der Waals surface area contributed by atoms with Crippen molar-refractivity contribution in [3.05, 3.63) is 45.6 Å². The van der Waals surface area contributed by atoms with Gasteiger partial charge < -0.3 is 10.6 Å². The summed E-state index contributed by atoms with van der Waals surface area (Å²) in [7, 11) is 0. The number of thiophene rings is 1. The number of benzene rings is 1. The van der Waals surface area contributed by atoms with Crippen LogP contribution in [0.15, 0.2) is 29.6 Å². The van der Waals surface area contributed by atoms with Crippen LogP contribution in [0.5, 0.6) is 0 Å². The maximum Gasteiger partial charge on any atom is 0.244 e. The van der Waals surface area contributed by atoms with Crippen molar-refractivity contribution in [3.63, 3.8) is 0 Å². The van der Waals surface area contributed by atoms with Gasteiger partial charge in [-0.15, -0.1) is 35.5 Å². The number of thioether (sulfide) groups is 1. The van der Waals surface area contributed by atoms with Crippen LogP contribution in [-0.4, -0.2) is 18.2 Å². The predicted octanol–water partition coefficient (Wildman–Crippen LogP) is 4.06. The molecule has 0 fully saturated rings. The fraction of sp³-hybridized carbons (Fsp3) is 0.353. The van der Waals surface area contributed by atoms with Gasteiger partial charge in [0.1, 0.15) is 5.25 Å². The lowest BCUT2D eigenvalue weighted by Gasteiger charge is -2.34. The summed E-state index contributed by atoms with van der Waals surface area (Å²) in [6.07, 6.45) is 3.04. The molecule has 0 spiro atoms. The van der Waals surface area contributed by atoms with E-state index < -0.39 is 0 Å². The van der Waals surface area contributed by atoms with Gasteiger partial charge in [-0.2, -0.15) is 0 Å². The predicted molar refractivity (Wildman–Crippen MR) is 102 cm³/mol. The number of fused-ring (bicyclic) bond motifs is 2. The topological polar surface area (TPSA) is 46.3 Å². The fourth-order valence-electron chi connectivity index (χ4n) is 3.37. The van der Waals surface area contributed by atoms with E-state index in [1.165, 1.54) is 10.4 Å². The summed E-state index contributed by atoms with van der Waals surface area (Å²) >= 11 is 3.55. The summed E-state index contributed by atoms with van der Waals surface area (Å²) in [5, 5.41) is 2.06. The molecule has 1 aromatic carbocycles. The minimum Gasteiger partial charge on any atom is -0.398 e. The molecule has 4 rings (SSSR count). The normalized spacial score (nSPS) is 19.5. The van der Waals surface area contributed by atoms with Gasteiger partial charge in [-0.3, -0.25) is 4.79 Å². The van der Waals surface area contributed by atoms with Crippen LogP contribution in [0.3, 0.4) is 0 Å². The van der Waals surface area contributed by atoms with E-state index in [0.29, 0.717) is 0 Å². The SMILES string of the molecule is Cl.Nc1cccc2c1CCCN2C(=O)C1SCCc2sccc21. The smallest absolute Gasteiger partial charge is 0.244 e. The second-order valence-corrected chi connectivity index (χ2v) is 7.95. The van der Waals surface area contributed by atoms with Crippen molar-refractivity contribution in [2.45, 2.75) is 24.5 Å². The molecule has 6 heteroatoms. The number of carbonyl (C=O) groups is 1. The lowest BCUT2D eigenvalue weighted by molar-refractivity contribution is -0.118. The quantitative estimate of drug-likeness (QED) is 0.774. The zero-order valence-corrected chi connectivity index (χ0v) is 15.1. The Bertz CT molecular complexity index is 731. The first kappa shape index (κ1) is 16.7. The highest BCUT2D eigenvalue weighted by Gasteiger charge is 2.34. The second kappa shape index (κ2) is 6.75. The Kier molecular flexibility index (Phi) is 4.90. The molecule has 2 aromatic rings. The number of anilines is 2. The van der Waals surface area contributed by atoms with Gasteiger partial charge in [0.25, 0.3) is 0 Å².